The minimum atomic E-state index is 0.0373. The summed E-state index contributed by atoms with van der Waals surface area (Å²) in [4.78, 5) is 0. The van der Waals surface area contributed by atoms with Gasteiger partial charge in [0, 0.05) is 33.2 Å². The van der Waals surface area contributed by atoms with Crippen molar-refractivity contribution in [1.82, 2.24) is 9.13 Å². The van der Waals surface area contributed by atoms with Gasteiger partial charge in [0.15, 0.2) is 5.52 Å². The first kappa shape index (κ1) is 25.6. The van der Waals surface area contributed by atoms with Crippen LogP contribution in [0.1, 0.15) is 57.2 Å². The van der Waals surface area contributed by atoms with Crippen LogP contribution < -0.4 is 4.57 Å². The predicted octanol–water partition coefficient (Wildman–Crippen LogP) is 9.43. The fourth-order valence-electron chi connectivity index (χ4n) is 6.78. The first-order valence-corrected chi connectivity index (χ1v) is 14.7. The number of benzene rings is 4. The van der Waals surface area contributed by atoms with E-state index in [1.54, 1.807) is 0 Å². The lowest BCUT2D eigenvalue weighted by Crippen LogP contribution is -2.34. The smallest absolute Gasteiger partial charge is 0.287 e. The van der Waals surface area contributed by atoms with Crippen LogP contribution in [0.5, 0.6) is 0 Å². The van der Waals surface area contributed by atoms with E-state index in [-0.39, 0.29) is 5.41 Å². The molecule has 7 rings (SSSR count). The van der Waals surface area contributed by atoms with E-state index < -0.39 is 0 Å². The van der Waals surface area contributed by atoms with E-state index in [4.69, 9.17) is 0 Å². The number of nitrogens with zero attached hydrogens (tertiary/aromatic N) is 3. The number of aryl methyl sites for hydroxylation is 2. The van der Waals surface area contributed by atoms with Gasteiger partial charge in [-0.15, -0.1) is 0 Å². The normalized spacial score (nSPS) is 12.5. The summed E-state index contributed by atoms with van der Waals surface area (Å²) in [5, 5.41) is 5.13. The van der Waals surface area contributed by atoms with Crippen LogP contribution in [0, 0.1) is 6.92 Å². The molecule has 3 heterocycles. The highest BCUT2D eigenvalue weighted by atomic mass is 15.1. The fourth-order valence-corrected chi connectivity index (χ4v) is 6.78. The standard InChI is InChI=1S/C38H38N3/c1-24(2)27-19-20-31-30-15-12-18-34(40-32-16-10-8-13-28(32)29-14-9-11-17-33(29)40)37(30)41(36(31)25(27)3)35-23-26(38(4,5)6)21-22-39(35)7/h8-24H,1-7H3/q+1. The lowest BCUT2D eigenvalue weighted by atomic mass is 9.87. The Bertz CT molecular complexity index is 2080. The van der Waals surface area contributed by atoms with Crippen molar-refractivity contribution in [3.8, 4) is 11.5 Å². The maximum absolute atomic E-state index is 2.54. The summed E-state index contributed by atoms with van der Waals surface area (Å²) < 4.78 is 7.28. The highest BCUT2D eigenvalue weighted by Crippen LogP contribution is 2.41. The molecule has 0 aliphatic rings. The van der Waals surface area contributed by atoms with Crippen LogP contribution >= 0.6 is 0 Å². The molecule has 4 aromatic carbocycles. The van der Waals surface area contributed by atoms with Gasteiger partial charge in [-0.3, -0.25) is 0 Å². The molecule has 0 bridgehead atoms. The van der Waals surface area contributed by atoms with Crippen LogP contribution in [0.25, 0.3) is 55.1 Å². The summed E-state index contributed by atoms with van der Waals surface area (Å²) in [7, 11) is 2.17. The Hall–Kier alpha value is -4.37. The predicted molar refractivity (Wildman–Crippen MR) is 174 cm³/mol. The molecule has 0 N–H and O–H groups in total. The largest absolute Gasteiger partial charge is 0.305 e. The Morgan fingerprint density at radius 3 is 1.90 bits per heavy atom. The van der Waals surface area contributed by atoms with E-state index in [0.29, 0.717) is 5.92 Å². The lowest BCUT2D eigenvalue weighted by molar-refractivity contribution is -0.665. The minimum Gasteiger partial charge on any atom is -0.305 e. The summed E-state index contributed by atoms with van der Waals surface area (Å²) in [5.41, 5.74) is 10.3. The maximum atomic E-state index is 2.54. The van der Waals surface area contributed by atoms with Crippen LogP contribution in [0.4, 0.5) is 0 Å². The number of hydrogen-bond acceptors (Lipinski definition) is 0. The van der Waals surface area contributed by atoms with Crippen molar-refractivity contribution >= 4 is 43.6 Å². The van der Waals surface area contributed by atoms with Gasteiger partial charge in [-0.05, 0) is 65.8 Å². The van der Waals surface area contributed by atoms with E-state index in [2.05, 4.69) is 159 Å². The van der Waals surface area contributed by atoms with Gasteiger partial charge < -0.3 is 4.57 Å². The topological polar surface area (TPSA) is 13.7 Å². The van der Waals surface area contributed by atoms with Crippen LogP contribution in [0.3, 0.4) is 0 Å². The second-order valence-corrected chi connectivity index (χ2v) is 12.8. The van der Waals surface area contributed by atoms with Gasteiger partial charge in [-0.2, -0.15) is 4.57 Å². The van der Waals surface area contributed by atoms with Gasteiger partial charge in [-0.25, -0.2) is 4.57 Å². The Kier molecular flexibility index (Phi) is 5.66. The Morgan fingerprint density at radius 2 is 1.27 bits per heavy atom. The molecular weight excluding hydrogens is 498 g/mol. The van der Waals surface area contributed by atoms with Crippen molar-refractivity contribution in [3.63, 3.8) is 0 Å². The number of para-hydroxylation sites is 3. The van der Waals surface area contributed by atoms with Gasteiger partial charge in [0.2, 0.25) is 0 Å². The molecule has 0 unspecified atom stereocenters. The average Bonchev–Trinajstić information content (AvgIpc) is 3.46. The number of hydrogen-bond donors (Lipinski definition) is 0. The monoisotopic (exact) mass is 536 g/mol. The molecule has 0 saturated heterocycles. The molecule has 0 fully saturated rings. The molecule has 3 nitrogen and oxygen atoms in total. The highest BCUT2D eigenvalue weighted by Gasteiger charge is 2.29. The number of pyridine rings is 1. The van der Waals surface area contributed by atoms with E-state index >= 15 is 0 Å². The molecule has 0 radical (unpaired) electrons. The fraction of sp³-hybridized carbons (Fsp3) is 0.237. The summed E-state index contributed by atoms with van der Waals surface area (Å²) in [6.07, 6.45) is 2.22. The first-order chi connectivity index (χ1) is 19.7. The van der Waals surface area contributed by atoms with Crippen LogP contribution in [0.2, 0.25) is 0 Å². The van der Waals surface area contributed by atoms with Crippen molar-refractivity contribution in [3.05, 3.63) is 114 Å². The summed E-state index contributed by atoms with van der Waals surface area (Å²) >= 11 is 0. The van der Waals surface area contributed by atoms with Crippen LogP contribution in [0.15, 0.2) is 97.2 Å². The van der Waals surface area contributed by atoms with E-state index in [1.165, 1.54) is 71.8 Å². The highest BCUT2D eigenvalue weighted by molar-refractivity contribution is 6.15. The zero-order valence-corrected chi connectivity index (χ0v) is 25.2. The van der Waals surface area contributed by atoms with E-state index in [0.717, 1.165) is 0 Å². The van der Waals surface area contributed by atoms with Crippen LogP contribution in [-0.2, 0) is 12.5 Å². The van der Waals surface area contributed by atoms with Gasteiger partial charge in [0.25, 0.3) is 5.82 Å². The molecule has 3 aromatic heterocycles. The third kappa shape index (κ3) is 3.75. The molecule has 0 spiro atoms. The minimum absolute atomic E-state index is 0.0373. The van der Waals surface area contributed by atoms with E-state index in [1.807, 2.05) is 0 Å². The van der Waals surface area contributed by atoms with Gasteiger partial charge in [0.1, 0.15) is 5.52 Å². The second kappa shape index (κ2) is 9.07. The maximum Gasteiger partial charge on any atom is 0.287 e. The molecule has 41 heavy (non-hydrogen) atoms. The lowest BCUT2D eigenvalue weighted by Gasteiger charge is -2.20. The Balaban J connectivity index is 1.73. The third-order valence-electron chi connectivity index (χ3n) is 8.89. The Labute approximate surface area is 242 Å². The molecular formula is C38H38N3+. The summed E-state index contributed by atoms with van der Waals surface area (Å²) in [6, 6.07) is 33.7. The third-order valence-corrected chi connectivity index (χ3v) is 8.89. The Morgan fingerprint density at radius 1 is 0.659 bits per heavy atom. The quantitative estimate of drug-likeness (QED) is 0.200. The van der Waals surface area contributed by atoms with Crippen molar-refractivity contribution in [2.75, 3.05) is 0 Å². The molecule has 3 heteroatoms. The van der Waals surface area contributed by atoms with Crippen molar-refractivity contribution in [2.24, 2.45) is 7.05 Å². The molecule has 0 aliphatic heterocycles. The van der Waals surface area contributed by atoms with Crippen molar-refractivity contribution in [1.29, 1.82) is 0 Å². The molecule has 7 aromatic rings. The SMILES string of the molecule is Cc1c(C(C)C)ccc2c3cccc(-n4c5ccccc5c5ccccc54)c3n(-c3cc(C(C)(C)C)cc[n+]3C)c12. The number of rotatable bonds is 3. The van der Waals surface area contributed by atoms with Gasteiger partial charge in [-0.1, -0.05) is 83.1 Å². The zero-order chi connectivity index (χ0) is 28.6. The molecule has 0 atom stereocenters. The zero-order valence-electron chi connectivity index (χ0n) is 25.2. The molecule has 0 saturated carbocycles. The first-order valence-electron chi connectivity index (χ1n) is 14.7. The van der Waals surface area contributed by atoms with Gasteiger partial charge in [0.05, 0.1) is 30.0 Å². The molecule has 0 amide bonds. The van der Waals surface area contributed by atoms with Crippen LogP contribution in [-0.4, -0.2) is 9.13 Å². The van der Waals surface area contributed by atoms with Crippen molar-refractivity contribution < 1.29 is 4.57 Å². The molecule has 204 valence electrons. The van der Waals surface area contributed by atoms with Gasteiger partial charge >= 0.3 is 0 Å². The summed E-state index contributed by atoms with van der Waals surface area (Å²) in [6.45, 7) is 13.8. The molecule has 0 aliphatic carbocycles. The average molecular weight is 537 g/mol. The summed E-state index contributed by atoms with van der Waals surface area (Å²) in [5.74, 6) is 1.62. The van der Waals surface area contributed by atoms with Crippen molar-refractivity contribution in [2.45, 2.75) is 52.9 Å². The second-order valence-electron chi connectivity index (χ2n) is 12.8. The number of fused-ring (bicyclic) bond motifs is 6. The number of aromatic nitrogens is 3. The van der Waals surface area contributed by atoms with E-state index in [9.17, 15) is 0 Å².